The first kappa shape index (κ1) is 23.3. The van der Waals surface area contributed by atoms with Crippen molar-refractivity contribution in [3.8, 4) is 11.5 Å². The highest BCUT2D eigenvalue weighted by atomic mass is 32.1. The van der Waals surface area contributed by atoms with Crippen LogP contribution < -0.4 is 19.7 Å². The van der Waals surface area contributed by atoms with Gasteiger partial charge in [0.1, 0.15) is 0 Å². The van der Waals surface area contributed by atoms with E-state index in [1.807, 2.05) is 49.6 Å². The average molecular weight is 454 g/mol. The third kappa shape index (κ3) is 5.85. The Morgan fingerprint density at radius 3 is 2.47 bits per heavy atom. The lowest BCUT2D eigenvalue weighted by Crippen LogP contribution is -2.31. The zero-order valence-electron chi connectivity index (χ0n) is 18.7. The zero-order valence-corrected chi connectivity index (χ0v) is 19.5. The first-order valence-electron chi connectivity index (χ1n) is 10.2. The zero-order chi connectivity index (χ0) is 23.1. The van der Waals surface area contributed by atoms with Crippen LogP contribution in [0.5, 0.6) is 11.5 Å². The highest BCUT2D eigenvalue weighted by Crippen LogP contribution is 2.29. The third-order valence-corrected chi connectivity index (χ3v) is 5.76. The lowest BCUT2D eigenvalue weighted by atomic mass is 10.1. The minimum Gasteiger partial charge on any atom is -0.493 e. The monoisotopic (exact) mass is 453 g/mol. The van der Waals surface area contributed by atoms with E-state index in [0.717, 1.165) is 22.4 Å². The molecule has 1 heterocycles. The average Bonchev–Trinajstić information content (AvgIpc) is 3.32. The quantitative estimate of drug-likeness (QED) is 0.507. The van der Waals surface area contributed by atoms with E-state index in [2.05, 4.69) is 10.3 Å². The molecule has 0 unspecified atom stereocenters. The van der Waals surface area contributed by atoms with Crippen LogP contribution in [0.25, 0.3) is 0 Å². The topological polar surface area (TPSA) is 80.8 Å². The molecule has 2 amide bonds. The summed E-state index contributed by atoms with van der Waals surface area (Å²) < 4.78 is 10.7. The van der Waals surface area contributed by atoms with Crippen molar-refractivity contribution in [2.24, 2.45) is 0 Å². The highest BCUT2D eigenvalue weighted by molar-refractivity contribution is 7.13. The van der Waals surface area contributed by atoms with Gasteiger partial charge >= 0.3 is 0 Å². The molecule has 1 aromatic heterocycles. The van der Waals surface area contributed by atoms with Crippen LogP contribution in [-0.4, -0.2) is 31.0 Å². The van der Waals surface area contributed by atoms with Gasteiger partial charge in [-0.25, -0.2) is 4.98 Å². The second-order valence-corrected chi connectivity index (χ2v) is 8.22. The predicted octanol–water partition coefficient (Wildman–Crippen LogP) is 4.73. The number of aryl methyl sites for hydroxylation is 2. The number of hydrogen-bond donors (Lipinski definition) is 1. The van der Waals surface area contributed by atoms with E-state index >= 15 is 0 Å². The summed E-state index contributed by atoms with van der Waals surface area (Å²) in [4.78, 5) is 31.4. The summed E-state index contributed by atoms with van der Waals surface area (Å²) in [7, 11) is 3.14. The van der Waals surface area contributed by atoms with Gasteiger partial charge in [-0.05, 0) is 43.2 Å². The van der Waals surface area contributed by atoms with E-state index in [1.165, 1.54) is 11.3 Å². The van der Waals surface area contributed by atoms with Crippen molar-refractivity contribution < 1.29 is 19.1 Å². The van der Waals surface area contributed by atoms with Crippen molar-refractivity contribution in [1.82, 2.24) is 4.98 Å². The van der Waals surface area contributed by atoms with Gasteiger partial charge in [-0.15, -0.1) is 11.3 Å². The van der Waals surface area contributed by atoms with Crippen LogP contribution in [0.1, 0.15) is 29.5 Å². The van der Waals surface area contributed by atoms with E-state index in [9.17, 15) is 9.59 Å². The standard InChI is InChI=1S/C24H27N3O4S/c1-16-5-7-19(17(2)13-16)26-22(28)9-10-23(29)27(24-25-11-12-32-24)15-18-6-8-20(30-3)21(14-18)31-4/h5-8,11-14H,9-10,15H2,1-4H3,(H,26,28). The Morgan fingerprint density at radius 1 is 1.03 bits per heavy atom. The van der Waals surface area contributed by atoms with Crippen LogP contribution in [0.2, 0.25) is 0 Å². The number of thiazole rings is 1. The number of amides is 2. The van der Waals surface area contributed by atoms with Gasteiger partial charge in [0.25, 0.3) is 0 Å². The number of ether oxygens (including phenoxy) is 2. The van der Waals surface area contributed by atoms with Gasteiger partial charge in [0.2, 0.25) is 11.8 Å². The molecule has 0 atom stereocenters. The Balaban J connectivity index is 1.68. The summed E-state index contributed by atoms with van der Waals surface area (Å²) in [5.41, 5.74) is 3.74. The van der Waals surface area contributed by atoms with E-state index in [0.29, 0.717) is 23.2 Å². The molecule has 8 heteroatoms. The van der Waals surface area contributed by atoms with Gasteiger partial charge in [0, 0.05) is 30.1 Å². The Kier molecular flexibility index (Phi) is 7.83. The van der Waals surface area contributed by atoms with Crippen molar-refractivity contribution >= 4 is 34.0 Å². The fourth-order valence-electron chi connectivity index (χ4n) is 3.30. The molecule has 0 spiro atoms. The number of benzene rings is 2. The predicted molar refractivity (Wildman–Crippen MR) is 127 cm³/mol. The number of aromatic nitrogens is 1. The van der Waals surface area contributed by atoms with Crippen molar-refractivity contribution in [3.05, 3.63) is 64.7 Å². The van der Waals surface area contributed by atoms with Crippen LogP contribution in [0.15, 0.2) is 48.0 Å². The molecule has 0 aliphatic carbocycles. The molecule has 0 saturated carbocycles. The fraction of sp³-hybridized carbons (Fsp3) is 0.292. The maximum atomic E-state index is 13.0. The van der Waals surface area contributed by atoms with E-state index in [-0.39, 0.29) is 24.7 Å². The minimum absolute atomic E-state index is 0.0730. The summed E-state index contributed by atoms with van der Waals surface area (Å²) in [5.74, 6) is 0.830. The summed E-state index contributed by atoms with van der Waals surface area (Å²) in [6, 6.07) is 11.3. The molecule has 32 heavy (non-hydrogen) atoms. The first-order chi connectivity index (χ1) is 15.4. The summed E-state index contributed by atoms with van der Waals surface area (Å²) >= 11 is 1.37. The SMILES string of the molecule is COc1ccc(CN(C(=O)CCC(=O)Nc2ccc(C)cc2C)c2nccs2)cc1OC. The lowest BCUT2D eigenvalue weighted by Gasteiger charge is -2.21. The molecule has 7 nitrogen and oxygen atoms in total. The molecule has 3 aromatic rings. The summed E-state index contributed by atoms with van der Waals surface area (Å²) in [5, 5.41) is 5.29. The number of anilines is 2. The summed E-state index contributed by atoms with van der Waals surface area (Å²) in [6.07, 6.45) is 1.81. The van der Waals surface area contributed by atoms with Crippen molar-refractivity contribution in [2.75, 3.05) is 24.4 Å². The molecule has 0 aliphatic heterocycles. The van der Waals surface area contributed by atoms with Crippen molar-refractivity contribution in [3.63, 3.8) is 0 Å². The van der Waals surface area contributed by atoms with E-state index in [4.69, 9.17) is 9.47 Å². The van der Waals surface area contributed by atoms with Gasteiger partial charge in [0.15, 0.2) is 16.6 Å². The molecule has 0 fully saturated rings. The molecule has 0 aliphatic rings. The second-order valence-electron chi connectivity index (χ2n) is 7.35. The normalized spacial score (nSPS) is 10.5. The largest absolute Gasteiger partial charge is 0.493 e. The van der Waals surface area contributed by atoms with Crippen molar-refractivity contribution in [2.45, 2.75) is 33.2 Å². The Bertz CT molecular complexity index is 1080. The van der Waals surface area contributed by atoms with Crippen LogP contribution in [-0.2, 0) is 16.1 Å². The van der Waals surface area contributed by atoms with E-state index in [1.54, 1.807) is 31.4 Å². The van der Waals surface area contributed by atoms with Crippen LogP contribution >= 0.6 is 11.3 Å². The van der Waals surface area contributed by atoms with Gasteiger partial charge in [-0.2, -0.15) is 0 Å². The van der Waals surface area contributed by atoms with E-state index < -0.39 is 0 Å². The maximum Gasteiger partial charge on any atom is 0.229 e. The maximum absolute atomic E-state index is 13.0. The number of methoxy groups -OCH3 is 2. The fourth-order valence-corrected chi connectivity index (χ4v) is 3.95. The van der Waals surface area contributed by atoms with Crippen LogP contribution in [0, 0.1) is 13.8 Å². The Morgan fingerprint density at radius 2 is 1.81 bits per heavy atom. The molecular weight excluding hydrogens is 426 g/mol. The number of rotatable bonds is 9. The first-order valence-corrected chi connectivity index (χ1v) is 11.1. The number of nitrogens with one attached hydrogen (secondary N) is 1. The Labute approximate surface area is 192 Å². The molecule has 1 N–H and O–H groups in total. The molecule has 0 radical (unpaired) electrons. The van der Waals surface area contributed by atoms with Gasteiger partial charge in [0.05, 0.1) is 20.8 Å². The molecule has 0 saturated heterocycles. The number of carbonyl (C=O) groups is 2. The molecular formula is C24H27N3O4S. The highest BCUT2D eigenvalue weighted by Gasteiger charge is 2.20. The second kappa shape index (κ2) is 10.8. The minimum atomic E-state index is -0.199. The molecule has 168 valence electrons. The smallest absolute Gasteiger partial charge is 0.229 e. The van der Waals surface area contributed by atoms with Crippen LogP contribution in [0.4, 0.5) is 10.8 Å². The molecule has 2 aromatic carbocycles. The van der Waals surface area contributed by atoms with Gasteiger partial charge < -0.3 is 14.8 Å². The third-order valence-electron chi connectivity index (χ3n) is 4.96. The number of carbonyl (C=O) groups excluding carboxylic acids is 2. The lowest BCUT2D eigenvalue weighted by molar-refractivity contribution is -0.122. The van der Waals surface area contributed by atoms with Gasteiger partial charge in [-0.3, -0.25) is 14.5 Å². The molecule has 3 rings (SSSR count). The van der Waals surface area contributed by atoms with Crippen LogP contribution in [0.3, 0.4) is 0 Å². The Hall–Kier alpha value is -3.39. The number of hydrogen-bond acceptors (Lipinski definition) is 6. The van der Waals surface area contributed by atoms with Gasteiger partial charge in [-0.1, -0.05) is 23.8 Å². The van der Waals surface area contributed by atoms with Crippen molar-refractivity contribution in [1.29, 1.82) is 0 Å². The number of nitrogens with zero attached hydrogens (tertiary/aromatic N) is 2. The summed E-state index contributed by atoms with van der Waals surface area (Å²) in [6.45, 7) is 4.26. The molecule has 0 bridgehead atoms.